The zero-order chi connectivity index (χ0) is 7.11. The van der Waals surface area contributed by atoms with Crippen molar-refractivity contribution in [3.63, 3.8) is 0 Å². The predicted octanol–water partition coefficient (Wildman–Crippen LogP) is 2.58. The fourth-order valence-electron chi connectivity index (χ4n) is 0.513. The van der Waals surface area contributed by atoms with Gasteiger partial charge in [0.1, 0.15) is 0 Å². The van der Waals surface area contributed by atoms with Crippen LogP contribution in [0.15, 0.2) is 36.1 Å². The minimum absolute atomic E-state index is 1.02. The third-order valence-electron chi connectivity index (χ3n) is 0.875. The second-order valence-corrected chi connectivity index (χ2v) is 1.75. The van der Waals surface area contributed by atoms with E-state index in [9.17, 15) is 0 Å². The second-order valence-electron chi connectivity index (χ2n) is 1.75. The first kappa shape index (κ1) is 8.02. The molecule has 0 aromatic carbocycles. The van der Waals surface area contributed by atoms with Crippen molar-refractivity contribution in [2.75, 3.05) is 0 Å². The van der Waals surface area contributed by atoms with Gasteiger partial charge in [-0.25, -0.2) is 0 Å². The van der Waals surface area contributed by atoms with Gasteiger partial charge in [-0.3, -0.25) is 0 Å². The first-order valence-electron chi connectivity index (χ1n) is 2.91. The SMILES string of the molecule is C\C=C/C(C)=C\C=C\O. The second kappa shape index (κ2) is 5.16. The molecule has 0 aromatic rings. The van der Waals surface area contributed by atoms with E-state index in [1.807, 2.05) is 32.1 Å². The van der Waals surface area contributed by atoms with E-state index in [1.165, 1.54) is 0 Å². The molecule has 50 valence electrons. The van der Waals surface area contributed by atoms with Crippen molar-refractivity contribution in [3.8, 4) is 0 Å². The molecule has 0 rings (SSSR count). The first-order chi connectivity index (χ1) is 4.31. The summed E-state index contributed by atoms with van der Waals surface area (Å²) in [7, 11) is 0. The Hall–Kier alpha value is -0.980. The standard InChI is InChI=1S/C8H12O/c1-3-5-8(2)6-4-7-9/h3-7,9H,1-2H3/b5-3-,7-4+,8-6-. The number of rotatable bonds is 2. The molecule has 0 saturated heterocycles. The van der Waals surface area contributed by atoms with E-state index < -0.39 is 0 Å². The van der Waals surface area contributed by atoms with Crippen LogP contribution in [0.3, 0.4) is 0 Å². The van der Waals surface area contributed by atoms with Gasteiger partial charge in [0, 0.05) is 0 Å². The molecule has 0 unspecified atom stereocenters. The summed E-state index contributed by atoms with van der Waals surface area (Å²) in [6.07, 6.45) is 8.37. The molecule has 0 radical (unpaired) electrons. The van der Waals surface area contributed by atoms with Gasteiger partial charge in [0.05, 0.1) is 6.26 Å². The zero-order valence-electron chi connectivity index (χ0n) is 5.83. The Morgan fingerprint density at radius 2 is 2.11 bits per heavy atom. The number of allylic oxidation sites excluding steroid dienone is 5. The van der Waals surface area contributed by atoms with Gasteiger partial charge < -0.3 is 5.11 Å². The maximum atomic E-state index is 8.23. The van der Waals surface area contributed by atoms with Crippen molar-refractivity contribution in [3.05, 3.63) is 36.1 Å². The molecule has 0 saturated carbocycles. The lowest BCUT2D eigenvalue weighted by Gasteiger charge is -1.83. The summed E-state index contributed by atoms with van der Waals surface area (Å²) in [6.45, 7) is 3.93. The molecule has 1 nitrogen and oxygen atoms in total. The third-order valence-corrected chi connectivity index (χ3v) is 0.875. The Kier molecular flexibility index (Phi) is 4.60. The molecule has 0 aromatic heterocycles. The van der Waals surface area contributed by atoms with Crippen LogP contribution < -0.4 is 0 Å². The lowest BCUT2D eigenvalue weighted by Crippen LogP contribution is -1.63. The average Bonchev–Trinajstić information content (AvgIpc) is 1.85. The van der Waals surface area contributed by atoms with Crippen LogP contribution in [0, 0.1) is 0 Å². The predicted molar refractivity (Wildman–Crippen MR) is 40.3 cm³/mol. The summed E-state index contributed by atoms with van der Waals surface area (Å²) in [6, 6.07) is 0. The minimum atomic E-state index is 1.02. The van der Waals surface area contributed by atoms with E-state index in [0.717, 1.165) is 11.8 Å². The summed E-state index contributed by atoms with van der Waals surface area (Å²) < 4.78 is 0. The Balaban J connectivity index is 3.84. The van der Waals surface area contributed by atoms with Gasteiger partial charge in [0.15, 0.2) is 0 Å². The van der Waals surface area contributed by atoms with Gasteiger partial charge in [0.25, 0.3) is 0 Å². The van der Waals surface area contributed by atoms with Crippen molar-refractivity contribution in [1.29, 1.82) is 0 Å². The van der Waals surface area contributed by atoms with Gasteiger partial charge >= 0.3 is 0 Å². The number of hydrogen-bond donors (Lipinski definition) is 1. The molecule has 0 aliphatic rings. The highest BCUT2D eigenvalue weighted by molar-refractivity contribution is 5.20. The lowest BCUT2D eigenvalue weighted by molar-refractivity contribution is 0.473. The van der Waals surface area contributed by atoms with Crippen LogP contribution in [-0.2, 0) is 0 Å². The molecular formula is C8H12O. The van der Waals surface area contributed by atoms with Crippen LogP contribution in [0.25, 0.3) is 0 Å². The maximum Gasteiger partial charge on any atom is 0.0791 e. The highest BCUT2D eigenvalue weighted by Crippen LogP contribution is 1.93. The molecule has 0 spiro atoms. The van der Waals surface area contributed by atoms with Crippen LogP contribution in [0.4, 0.5) is 0 Å². The first-order valence-corrected chi connectivity index (χ1v) is 2.91. The summed E-state index contributed by atoms with van der Waals surface area (Å²) in [5.74, 6) is 0. The van der Waals surface area contributed by atoms with E-state index in [0.29, 0.717) is 0 Å². The monoisotopic (exact) mass is 124 g/mol. The molecule has 1 N–H and O–H groups in total. The van der Waals surface area contributed by atoms with Gasteiger partial charge in [-0.2, -0.15) is 0 Å². The van der Waals surface area contributed by atoms with Crippen LogP contribution >= 0.6 is 0 Å². The van der Waals surface area contributed by atoms with Crippen molar-refractivity contribution in [2.45, 2.75) is 13.8 Å². The molecule has 0 bridgehead atoms. The average molecular weight is 124 g/mol. The van der Waals surface area contributed by atoms with Crippen molar-refractivity contribution >= 4 is 0 Å². The Morgan fingerprint density at radius 3 is 2.56 bits per heavy atom. The Bertz CT molecular complexity index is 141. The van der Waals surface area contributed by atoms with Crippen molar-refractivity contribution in [2.24, 2.45) is 0 Å². The van der Waals surface area contributed by atoms with E-state index in [4.69, 9.17) is 5.11 Å². The maximum absolute atomic E-state index is 8.23. The molecule has 0 heterocycles. The number of aliphatic hydroxyl groups excluding tert-OH is 1. The third kappa shape index (κ3) is 4.88. The fraction of sp³-hybridized carbons (Fsp3) is 0.250. The molecule has 9 heavy (non-hydrogen) atoms. The summed E-state index contributed by atoms with van der Waals surface area (Å²) in [5, 5.41) is 8.23. The Morgan fingerprint density at radius 1 is 1.44 bits per heavy atom. The van der Waals surface area contributed by atoms with Crippen LogP contribution in [-0.4, -0.2) is 5.11 Å². The smallest absolute Gasteiger partial charge is 0.0791 e. The molecule has 0 amide bonds. The van der Waals surface area contributed by atoms with Crippen LogP contribution in [0.5, 0.6) is 0 Å². The zero-order valence-corrected chi connectivity index (χ0v) is 5.83. The van der Waals surface area contributed by atoms with Crippen LogP contribution in [0.2, 0.25) is 0 Å². The number of aliphatic hydroxyl groups is 1. The van der Waals surface area contributed by atoms with Gasteiger partial charge in [-0.05, 0) is 19.9 Å². The normalized spacial score (nSPS) is 13.8. The van der Waals surface area contributed by atoms with Gasteiger partial charge in [-0.15, -0.1) is 0 Å². The molecule has 1 heteroatoms. The van der Waals surface area contributed by atoms with Gasteiger partial charge in [0.2, 0.25) is 0 Å². The van der Waals surface area contributed by atoms with Crippen molar-refractivity contribution < 1.29 is 5.11 Å². The molecule has 0 aliphatic carbocycles. The van der Waals surface area contributed by atoms with Crippen molar-refractivity contribution in [1.82, 2.24) is 0 Å². The highest BCUT2D eigenvalue weighted by atomic mass is 16.2. The largest absolute Gasteiger partial charge is 0.516 e. The summed E-state index contributed by atoms with van der Waals surface area (Å²) in [5.41, 5.74) is 1.13. The Labute approximate surface area is 56.0 Å². The summed E-state index contributed by atoms with van der Waals surface area (Å²) >= 11 is 0. The fourth-order valence-corrected chi connectivity index (χ4v) is 0.513. The lowest BCUT2D eigenvalue weighted by atomic mass is 10.2. The molecule has 0 atom stereocenters. The highest BCUT2D eigenvalue weighted by Gasteiger charge is 1.73. The van der Waals surface area contributed by atoms with E-state index in [2.05, 4.69) is 0 Å². The van der Waals surface area contributed by atoms with E-state index in [-0.39, 0.29) is 0 Å². The number of hydrogen-bond acceptors (Lipinski definition) is 1. The van der Waals surface area contributed by atoms with E-state index >= 15 is 0 Å². The molecule has 0 aliphatic heterocycles. The molecular weight excluding hydrogens is 112 g/mol. The van der Waals surface area contributed by atoms with Gasteiger partial charge in [-0.1, -0.05) is 23.8 Å². The van der Waals surface area contributed by atoms with E-state index in [1.54, 1.807) is 6.08 Å². The topological polar surface area (TPSA) is 20.2 Å². The minimum Gasteiger partial charge on any atom is -0.516 e. The van der Waals surface area contributed by atoms with Crippen LogP contribution in [0.1, 0.15) is 13.8 Å². The summed E-state index contributed by atoms with van der Waals surface area (Å²) in [4.78, 5) is 0. The molecule has 0 fully saturated rings. The quantitative estimate of drug-likeness (QED) is 0.443.